The molecule has 2 aromatic heterocycles. The maximum absolute atomic E-state index is 12.7. The van der Waals surface area contributed by atoms with Crippen LogP contribution in [0.5, 0.6) is 0 Å². The highest BCUT2D eigenvalue weighted by molar-refractivity contribution is 7.99. The first-order valence-corrected chi connectivity index (χ1v) is 11.7. The summed E-state index contributed by atoms with van der Waals surface area (Å²) >= 11 is 1.32. The number of sulfonamides is 1. The van der Waals surface area contributed by atoms with Gasteiger partial charge in [-0.05, 0) is 32.0 Å². The molecule has 28 heavy (non-hydrogen) atoms. The average Bonchev–Trinajstić information content (AvgIpc) is 2.94. The van der Waals surface area contributed by atoms with Crippen LogP contribution in [0.2, 0.25) is 0 Å². The van der Waals surface area contributed by atoms with E-state index in [1.54, 1.807) is 12.1 Å². The molecule has 1 N–H and O–H groups in total. The van der Waals surface area contributed by atoms with Crippen molar-refractivity contribution in [2.45, 2.75) is 23.8 Å². The third-order valence-electron chi connectivity index (χ3n) is 5.35. The molecule has 0 spiro atoms. The van der Waals surface area contributed by atoms with Crippen LogP contribution < -0.4 is 4.90 Å². The Hall–Kier alpha value is -1.68. The van der Waals surface area contributed by atoms with E-state index in [9.17, 15) is 13.2 Å². The number of hydrogen-bond acceptors (Lipinski definition) is 5. The lowest BCUT2D eigenvalue weighted by atomic mass is 10.2. The molecule has 1 aliphatic rings. The second-order valence-corrected chi connectivity index (χ2v) is 10.2. The number of quaternary nitrogens is 1. The Morgan fingerprint density at radius 1 is 1.25 bits per heavy atom. The number of pyridine rings is 1. The molecule has 0 saturated carbocycles. The van der Waals surface area contributed by atoms with E-state index in [1.165, 1.54) is 27.2 Å². The molecule has 2 aromatic rings. The molecule has 1 fully saturated rings. The SMILES string of the molecule is Cc1cc(C(=O)CSc2ccc(S(=O)(=O)N3CC[NH+](C)CC3)cn2)c(C)n1C. The van der Waals surface area contributed by atoms with Crippen molar-refractivity contribution in [1.29, 1.82) is 0 Å². The molecular formula is C19H27N4O3S2+. The molecule has 1 aliphatic heterocycles. The summed E-state index contributed by atoms with van der Waals surface area (Å²) < 4.78 is 29.0. The summed E-state index contributed by atoms with van der Waals surface area (Å²) in [6, 6.07) is 5.16. The number of carbonyl (C=O) groups is 1. The molecule has 1 saturated heterocycles. The van der Waals surface area contributed by atoms with Gasteiger partial charge in [0.2, 0.25) is 10.0 Å². The van der Waals surface area contributed by atoms with Crippen molar-refractivity contribution in [3.05, 3.63) is 41.3 Å². The van der Waals surface area contributed by atoms with Crippen LogP contribution in [0.25, 0.3) is 0 Å². The third-order valence-corrected chi connectivity index (χ3v) is 8.18. The predicted molar refractivity (Wildman–Crippen MR) is 110 cm³/mol. The van der Waals surface area contributed by atoms with Gasteiger partial charge in [0.15, 0.2) is 5.78 Å². The Kier molecular flexibility index (Phi) is 6.28. The van der Waals surface area contributed by atoms with Crippen molar-refractivity contribution in [3.8, 4) is 0 Å². The van der Waals surface area contributed by atoms with Crippen molar-refractivity contribution in [2.24, 2.45) is 7.05 Å². The molecule has 0 aromatic carbocycles. The average molecular weight is 424 g/mol. The molecule has 3 rings (SSSR count). The number of ketones is 1. The monoisotopic (exact) mass is 423 g/mol. The second kappa shape index (κ2) is 8.36. The summed E-state index contributed by atoms with van der Waals surface area (Å²) in [5, 5.41) is 0.639. The smallest absolute Gasteiger partial charge is 0.245 e. The van der Waals surface area contributed by atoms with Crippen LogP contribution in [0, 0.1) is 13.8 Å². The molecule has 0 bridgehead atoms. The van der Waals surface area contributed by atoms with Crippen LogP contribution in [0.3, 0.4) is 0 Å². The summed E-state index contributed by atoms with van der Waals surface area (Å²) in [6.45, 7) is 6.56. The molecule has 3 heterocycles. The topological polar surface area (TPSA) is 76.7 Å². The minimum Gasteiger partial charge on any atom is -0.351 e. The van der Waals surface area contributed by atoms with Gasteiger partial charge in [0.05, 0.1) is 44.0 Å². The van der Waals surface area contributed by atoms with E-state index in [0.29, 0.717) is 18.1 Å². The van der Waals surface area contributed by atoms with Gasteiger partial charge in [-0.1, -0.05) is 11.8 Å². The van der Waals surface area contributed by atoms with E-state index in [2.05, 4.69) is 12.0 Å². The third kappa shape index (κ3) is 4.32. The Balaban J connectivity index is 1.64. The summed E-state index contributed by atoms with van der Waals surface area (Å²) in [5.41, 5.74) is 2.72. The first-order valence-electron chi connectivity index (χ1n) is 9.26. The molecule has 0 atom stereocenters. The zero-order valence-electron chi connectivity index (χ0n) is 16.7. The van der Waals surface area contributed by atoms with Gasteiger partial charge in [0.1, 0.15) is 4.90 Å². The van der Waals surface area contributed by atoms with Gasteiger partial charge < -0.3 is 9.47 Å². The summed E-state index contributed by atoms with van der Waals surface area (Å²) in [4.78, 5) is 18.3. The molecule has 7 nitrogen and oxygen atoms in total. The van der Waals surface area contributed by atoms with Crippen molar-refractivity contribution in [2.75, 3.05) is 39.0 Å². The molecule has 0 aliphatic carbocycles. The number of nitrogens with zero attached hydrogens (tertiary/aromatic N) is 3. The second-order valence-electron chi connectivity index (χ2n) is 7.25. The first kappa shape index (κ1) is 21.0. The number of hydrogen-bond donors (Lipinski definition) is 1. The van der Waals surface area contributed by atoms with Crippen LogP contribution in [0.1, 0.15) is 21.7 Å². The van der Waals surface area contributed by atoms with Crippen molar-refractivity contribution >= 4 is 27.6 Å². The molecule has 0 unspecified atom stereocenters. The van der Waals surface area contributed by atoms with Crippen LogP contribution in [-0.2, 0) is 17.1 Å². The fourth-order valence-corrected chi connectivity index (χ4v) is 5.33. The number of carbonyl (C=O) groups excluding carboxylic acids is 1. The van der Waals surface area contributed by atoms with Gasteiger partial charge in [-0.15, -0.1) is 0 Å². The fourth-order valence-electron chi connectivity index (χ4n) is 3.22. The minimum absolute atomic E-state index is 0.0460. The van der Waals surface area contributed by atoms with E-state index < -0.39 is 10.0 Å². The first-order chi connectivity index (χ1) is 13.2. The number of Topliss-reactive ketones (excluding diaryl/α,β-unsaturated/α-hetero) is 1. The zero-order chi connectivity index (χ0) is 20.5. The lowest BCUT2D eigenvalue weighted by Gasteiger charge is -2.29. The molecule has 9 heteroatoms. The highest BCUT2D eigenvalue weighted by atomic mass is 32.2. The quantitative estimate of drug-likeness (QED) is 0.542. The fraction of sp³-hybridized carbons (Fsp3) is 0.474. The van der Waals surface area contributed by atoms with Gasteiger partial charge in [0.25, 0.3) is 0 Å². The van der Waals surface area contributed by atoms with E-state index in [-0.39, 0.29) is 16.4 Å². The van der Waals surface area contributed by atoms with Gasteiger partial charge >= 0.3 is 0 Å². The van der Waals surface area contributed by atoms with Gasteiger partial charge in [0, 0.05) is 30.2 Å². The van der Waals surface area contributed by atoms with Gasteiger partial charge in [-0.25, -0.2) is 13.4 Å². The van der Waals surface area contributed by atoms with Crippen molar-refractivity contribution in [1.82, 2.24) is 13.9 Å². The number of nitrogens with one attached hydrogen (secondary N) is 1. The van der Waals surface area contributed by atoms with Crippen molar-refractivity contribution in [3.63, 3.8) is 0 Å². The summed E-state index contributed by atoms with van der Waals surface area (Å²) in [5.74, 6) is 0.314. The van der Waals surface area contributed by atoms with Crippen LogP contribution in [0.4, 0.5) is 0 Å². The normalized spacial score (nSPS) is 16.4. The number of aromatic nitrogens is 2. The number of thioether (sulfide) groups is 1. The molecule has 0 amide bonds. The zero-order valence-corrected chi connectivity index (χ0v) is 18.4. The van der Waals surface area contributed by atoms with Crippen LogP contribution in [0.15, 0.2) is 34.3 Å². The van der Waals surface area contributed by atoms with Gasteiger partial charge in [-0.2, -0.15) is 4.31 Å². The van der Waals surface area contributed by atoms with Crippen LogP contribution in [-0.4, -0.2) is 67.0 Å². The lowest BCUT2D eigenvalue weighted by molar-refractivity contribution is -0.883. The van der Waals surface area contributed by atoms with E-state index in [4.69, 9.17) is 0 Å². The Morgan fingerprint density at radius 3 is 2.46 bits per heavy atom. The molecular weight excluding hydrogens is 396 g/mol. The standard InChI is InChI=1S/C19H26N4O3S2/c1-14-11-17(15(2)22(14)4)18(24)13-27-19-6-5-16(12-20-19)28(25,26)23-9-7-21(3)8-10-23/h5-6,11-12H,7-10,13H2,1-4H3/p+1. The summed E-state index contributed by atoms with van der Waals surface area (Å²) in [6.07, 6.45) is 1.39. The number of piperazine rings is 1. The van der Waals surface area contributed by atoms with E-state index in [1.807, 2.05) is 31.5 Å². The highest BCUT2D eigenvalue weighted by Crippen LogP contribution is 2.22. The molecule has 152 valence electrons. The van der Waals surface area contributed by atoms with Crippen LogP contribution >= 0.6 is 11.8 Å². The molecule has 0 radical (unpaired) electrons. The largest absolute Gasteiger partial charge is 0.351 e. The number of aryl methyl sites for hydroxylation is 1. The summed E-state index contributed by atoms with van der Waals surface area (Å²) in [7, 11) is 0.502. The Morgan fingerprint density at radius 2 is 1.93 bits per heavy atom. The highest BCUT2D eigenvalue weighted by Gasteiger charge is 2.29. The van der Waals surface area contributed by atoms with E-state index in [0.717, 1.165) is 30.0 Å². The lowest BCUT2D eigenvalue weighted by Crippen LogP contribution is -3.12. The van der Waals surface area contributed by atoms with Crippen molar-refractivity contribution < 1.29 is 18.1 Å². The minimum atomic E-state index is -3.51. The van der Waals surface area contributed by atoms with Gasteiger partial charge in [-0.3, -0.25) is 4.79 Å². The Bertz CT molecular complexity index is 960. The maximum Gasteiger partial charge on any atom is 0.245 e. The number of likely N-dealkylation sites (N-methyl/N-ethyl adjacent to an activating group) is 1. The number of rotatable bonds is 6. The maximum atomic E-state index is 12.7. The predicted octanol–water partition coefficient (Wildman–Crippen LogP) is 0.531. The Labute approximate surface area is 170 Å². The van der Waals surface area contributed by atoms with E-state index >= 15 is 0 Å².